The van der Waals surface area contributed by atoms with Gasteiger partial charge in [0.1, 0.15) is 0 Å². The van der Waals surface area contributed by atoms with Gasteiger partial charge < -0.3 is 4.74 Å². The average molecular weight is 392 g/mol. The fourth-order valence-electron chi connectivity index (χ4n) is 2.17. The summed E-state index contributed by atoms with van der Waals surface area (Å²) in [4.78, 5) is 12.1. The molecule has 1 aromatic heterocycles. The molecule has 1 amide bonds. The molecule has 0 saturated carbocycles. The molecule has 3 rings (SSSR count). The van der Waals surface area contributed by atoms with E-state index in [0.717, 1.165) is 6.26 Å². The van der Waals surface area contributed by atoms with Gasteiger partial charge in [-0.25, -0.2) is 17.9 Å². The molecule has 0 aliphatic rings. The predicted molar refractivity (Wildman–Crippen MR) is 97.8 cm³/mol. The summed E-state index contributed by atoms with van der Waals surface area (Å²) in [5.74, 6) is 0.224. The molecule has 134 valence electrons. The maximum absolute atomic E-state index is 12.0. The second-order valence-electron chi connectivity index (χ2n) is 5.41. The van der Waals surface area contributed by atoms with Crippen molar-refractivity contribution in [3.63, 3.8) is 0 Å². The van der Waals surface area contributed by atoms with Crippen LogP contribution < -0.4 is 10.1 Å². The molecule has 3 aromatic rings. The molecule has 26 heavy (non-hydrogen) atoms. The Balaban J connectivity index is 1.70. The van der Waals surface area contributed by atoms with Crippen LogP contribution in [0.25, 0.3) is 5.69 Å². The Labute approximate surface area is 155 Å². The molecule has 2 aromatic carbocycles. The topological polar surface area (TPSA) is 90.3 Å². The van der Waals surface area contributed by atoms with Crippen LogP contribution in [0.1, 0.15) is 0 Å². The van der Waals surface area contributed by atoms with Gasteiger partial charge in [-0.05, 0) is 36.4 Å². The lowest BCUT2D eigenvalue weighted by Gasteiger charge is -2.06. The van der Waals surface area contributed by atoms with E-state index in [2.05, 4.69) is 10.4 Å². The number of hydrogen-bond acceptors (Lipinski definition) is 5. The van der Waals surface area contributed by atoms with Gasteiger partial charge in [0, 0.05) is 17.0 Å². The maximum Gasteiger partial charge on any atom is 0.417 e. The summed E-state index contributed by atoms with van der Waals surface area (Å²) in [5.41, 5.74) is 1.02. The number of rotatable bonds is 4. The van der Waals surface area contributed by atoms with Crippen LogP contribution >= 0.6 is 11.6 Å². The van der Waals surface area contributed by atoms with Gasteiger partial charge in [0.05, 0.1) is 23.0 Å². The molecule has 0 saturated heterocycles. The van der Waals surface area contributed by atoms with Crippen LogP contribution in [0, 0.1) is 0 Å². The Morgan fingerprint density at radius 3 is 2.69 bits per heavy atom. The number of anilines is 1. The van der Waals surface area contributed by atoms with Crippen LogP contribution in [0.2, 0.25) is 5.02 Å². The molecule has 0 atom stereocenters. The lowest BCUT2D eigenvalue weighted by Crippen LogP contribution is -2.16. The van der Waals surface area contributed by atoms with Crippen LogP contribution in [0.15, 0.2) is 65.8 Å². The number of carbonyl (C=O) groups is 1. The van der Waals surface area contributed by atoms with Crippen molar-refractivity contribution < 1.29 is 17.9 Å². The molecule has 1 N–H and O–H groups in total. The zero-order valence-corrected chi connectivity index (χ0v) is 15.2. The number of ether oxygens (including phenoxy) is 1. The van der Waals surface area contributed by atoms with Crippen molar-refractivity contribution in [1.29, 1.82) is 0 Å². The van der Waals surface area contributed by atoms with Crippen LogP contribution in [0.4, 0.5) is 10.5 Å². The van der Waals surface area contributed by atoms with Crippen molar-refractivity contribution in [3.8, 4) is 11.4 Å². The highest BCUT2D eigenvalue weighted by atomic mass is 35.5. The first-order chi connectivity index (χ1) is 12.3. The van der Waals surface area contributed by atoms with E-state index in [9.17, 15) is 13.2 Å². The lowest BCUT2D eigenvalue weighted by molar-refractivity contribution is 0.215. The minimum atomic E-state index is -3.37. The van der Waals surface area contributed by atoms with Crippen molar-refractivity contribution in [3.05, 3.63) is 65.9 Å². The summed E-state index contributed by atoms with van der Waals surface area (Å²) in [7, 11) is -3.37. The van der Waals surface area contributed by atoms with Crippen molar-refractivity contribution in [2.75, 3.05) is 11.6 Å². The zero-order chi connectivity index (χ0) is 18.7. The Hall–Kier alpha value is -2.84. The van der Waals surface area contributed by atoms with Crippen molar-refractivity contribution in [2.45, 2.75) is 4.90 Å². The summed E-state index contributed by atoms with van der Waals surface area (Å²) in [6.07, 6.45) is 3.24. The fraction of sp³-hybridized carbons (Fsp3) is 0.0588. The van der Waals surface area contributed by atoms with Gasteiger partial charge in [0.2, 0.25) is 0 Å². The van der Waals surface area contributed by atoms with Crippen molar-refractivity contribution in [1.82, 2.24) is 9.78 Å². The maximum atomic E-state index is 12.0. The summed E-state index contributed by atoms with van der Waals surface area (Å²) in [6.45, 7) is 0. The molecule has 0 bridgehead atoms. The van der Waals surface area contributed by atoms with Gasteiger partial charge in [0.15, 0.2) is 15.6 Å². The number of hydrogen-bond donors (Lipinski definition) is 1. The average Bonchev–Trinajstić information content (AvgIpc) is 3.02. The second kappa shape index (κ2) is 7.19. The number of aromatic nitrogens is 2. The lowest BCUT2D eigenvalue weighted by atomic mass is 10.3. The predicted octanol–water partition coefficient (Wildman–Crippen LogP) is 3.54. The van der Waals surface area contributed by atoms with E-state index >= 15 is 0 Å². The molecule has 0 aliphatic heterocycles. The highest BCUT2D eigenvalue weighted by Crippen LogP contribution is 2.19. The van der Waals surface area contributed by atoms with Gasteiger partial charge in [-0.3, -0.25) is 5.32 Å². The SMILES string of the molecule is CS(=O)(=O)c1cccc(NC(=O)Oc2cnn(-c3cccc(Cl)c3)c2)c1. The summed E-state index contributed by atoms with van der Waals surface area (Å²) < 4.78 is 29.8. The van der Waals surface area contributed by atoms with E-state index in [1.807, 2.05) is 0 Å². The van der Waals surface area contributed by atoms with Crippen molar-refractivity contribution in [2.24, 2.45) is 0 Å². The van der Waals surface area contributed by atoms with Crippen LogP contribution in [-0.2, 0) is 9.84 Å². The number of halogens is 1. The molecular formula is C17H14ClN3O4S. The van der Waals surface area contributed by atoms with Crippen molar-refractivity contribution >= 4 is 33.2 Å². The molecule has 0 radical (unpaired) electrons. The number of nitrogens with one attached hydrogen (secondary N) is 1. The minimum Gasteiger partial charge on any atom is -0.407 e. The molecule has 0 aliphatic carbocycles. The molecule has 0 unspecified atom stereocenters. The van der Waals surface area contributed by atoms with Crippen LogP contribution in [0.3, 0.4) is 0 Å². The van der Waals surface area contributed by atoms with E-state index in [0.29, 0.717) is 16.4 Å². The fourth-order valence-corrected chi connectivity index (χ4v) is 3.03. The highest BCUT2D eigenvalue weighted by molar-refractivity contribution is 7.90. The van der Waals surface area contributed by atoms with Crippen LogP contribution in [-0.4, -0.2) is 30.5 Å². The molecule has 0 fully saturated rings. The van der Waals surface area contributed by atoms with Gasteiger partial charge in [0.25, 0.3) is 0 Å². The Morgan fingerprint density at radius 2 is 1.96 bits per heavy atom. The monoisotopic (exact) mass is 391 g/mol. The smallest absolute Gasteiger partial charge is 0.407 e. The van der Waals surface area contributed by atoms with Crippen LogP contribution in [0.5, 0.6) is 5.75 Å². The van der Waals surface area contributed by atoms with E-state index in [-0.39, 0.29) is 10.6 Å². The Bertz CT molecular complexity index is 1060. The van der Waals surface area contributed by atoms with Gasteiger partial charge in [-0.2, -0.15) is 5.10 Å². The molecular weight excluding hydrogens is 378 g/mol. The number of carbonyl (C=O) groups excluding carboxylic acids is 1. The first-order valence-corrected chi connectivity index (χ1v) is 9.68. The summed E-state index contributed by atoms with van der Waals surface area (Å²) in [6, 6.07) is 12.9. The summed E-state index contributed by atoms with van der Waals surface area (Å²) in [5, 5.41) is 7.14. The number of nitrogens with zero attached hydrogens (tertiary/aromatic N) is 2. The Morgan fingerprint density at radius 1 is 1.19 bits per heavy atom. The molecule has 9 heteroatoms. The molecule has 1 heterocycles. The second-order valence-corrected chi connectivity index (χ2v) is 7.87. The first kappa shape index (κ1) is 18.0. The van der Waals surface area contributed by atoms with E-state index in [4.69, 9.17) is 16.3 Å². The van der Waals surface area contributed by atoms with Gasteiger partial charge >= 0.3 is 6.09 Å². The quantitative estimate of drug-likeness (QED) is 0.734. The number of sulfone groups is 1. The third-order valence-corrected chi connectivity index (χ3v) is 4.70. The van der Waals surface area contributed by atoms with Gasteiger partial charge in [-0.1, -0.05) is 23.7 Å². The minimum absolute atomic E-state index is 0.101. The van der Waals surface area contributed by atoms with E-state index in [1.54, 1.807) is 30.3 Å². The normalized spacial score (nSPS) is 11.2. The largest absolute Gasteiger partial charge is 0.417 e. The molecule has 7 nitrogen and oxygen atoms in total. The van der Waals surface area contributed by atoms with E-state index < -0.39 is 15.9 Å². The standard InChI is InChI=1S/C17H14ClN3O4S/c1-26(23,24)16-7-3-5-13(9-16)20-17(22)25-15-10-19-21(11-15)14-6-2-4-12(18)8-14/h2-11H,1H3,(H,20,22). The van der Waals surface area contributed by atoms with Gasteiger partial charge in [-0.15, -0.1) is 0 Å². The Kier molecular flexibility index (Phi) is 4.97. The first-order valence-electron chi connectivity index (χ1n) is 7.41. The third-order valence-electron chi connectivity index (χ3n) is 3.35. The number of benzene rings is 2. The molecule has 0 spiro atoms. The van der Waals surface area contributed by atoms with E-state index in [1.165, 1.54) is 35.3 Å². The number of amides is 1. The summed E-state index contributed by atoms with van der Waals surface area (Å²) >= 11 is 5.94. The third kappa shape index (κ3) is 4.41. The highest BCUT2D eigenvalue weighted by Gasteiger charge is 2.11. The zero-order valence-electron chi connectivity index (χ0n) is 13.6.